The van der Waals surface area contributed by atoms with E-state index in [0.717, 1.165) is 0 Å². The zero-order valence-electron chi connectivity index (χ0n) is 10.6. The Morgan fingerprint density at radius 2 is 1.40 bits per heavy atom. The van der Waals surface area contributed by atoms with Gasteiger partial charge in [0, 0.05) is 6.92 Å². The van der Waals surface area contributed by atoms with Gasteiger partial charge in [0.05, 0.1) is 9.79 Å². The number of rotatable bonds is 3. The van der Waals surface area contributed by atoms with Crippen molar-refractivity contribution in [2.45, 2.75) is 16.7 Å². The second-order valence-corrected chi connectivity index (χ2v) is 6.01. The lowest BCUT2D eigenvalue weighted by Gasteiger charge is -2.06. The number of hydrogen-bond acceptors (Lipinski definition) is 5. The molecule has 0 fully saturated rings. The van der Waals surface area contributed by atoms with Crippen LogP contribution in [0.4, 0.5) is 0 Å². The quantitative estimate of drug-likeness (QED) is 0.692. The summed E-state index contributed by atoms with van der Waals surface area (Å²) in [6.07, 6.45) is 0. The Morgan fingerprint density at radius 3 is 1.85 bits per heavy atom. The molecule has 0 bridgehead atoms. The van der Waals surface area contributed by atoms with E-state index in [1.165, 1.54) is 55.5 Å². The number of hydrogen-bond donors (Lipinski definition) is 1. The summed E-state index contributed by atoms with van der Waals surface area (Å²) in [6.45, 7) is 1.26. The molecule has 20 heavy (non-hydrogen) atoms. The molecule has 0 atom stereocenters. The first kappa shape index (κ1) is 14.1. The Labute approximate surface area is 116 Å². The largest absolute Gasteiger partial charge is 0.508 e. The van der Waals surface area contributed by atoms with Crippen LogP contribution in [0.25, 0.3) is 0 Å². The van der Waals surface area contributed by atoms with Crippen molar-refractivity contribution >= 4 is 15.8 Å². The minimum absolute atomic E-state index is 0.00541. The molecule has 0 unspecified atom stereocenters. The molecule has 0 amide bonds. The van der Waals surface area contributed by atoms with Crippen molar-refractivity contribution in [1.29, 1.82) is 0 Å². The van der Waals surface area contributed by atoms with Crippen LogP contribution in [-0.4, -0.2) is 19.5 Å². The topological polar surface area (TPSA) is 80.7 Å². The van der Waals surface area contributed by atoms with Gasteiger partial charge in [-0.05, 0) is 48.5 Å². The average Bonchev–Trinajstić information content (AvgIpc) is 2.39. The molecule has 5 nitrogen and oxygen atoms in total. The maximum absolute atomic E-state index is 12.3. The molecule has 6 heteroatoms. The fourth-order valence-electron chi connectivity index (χ4n) is 1.61. The van der Waals surface area contributed by atoms with Crippen LogP contribution in [0.15, 0.2) is 58.3 Å². The molecule has 0 saturated carbocycles. The Kier molecular flexibility index (Phi) is 3.76. The molecular formula is C14H12O5S. The van der Waals surface area contributed by atoms with Crippen LogP contribution >= 0.6 is 0 Å². The third-order valence-electron chi connectivity index (χ3n) is 2.54. The van der Waals surface area contributed by atoms with Crippen molar-refractivity contribution < 1.29 is 23.1 Å². The maximum atomic E-state index is 12.3. The summed E-state index contributed by atoms with van der Waals surface area (Å²) < 4.78 is 29.4. The van der Waals surface area contributed by atoms with Gasteiger partial charge in [-0.3, -0.25) is 4.79 Å². The summed E-state index contributed by atoms with van der Waals surface area (Å²) in [7, 11) is -3.65. The SMILES string of the molecule is CC(=O)Oc1ccc(S(=O)(=O)c2ccc(O)cc2)cc1. The molecule has 0 aliphatic carbocycles. The highest BCUT2D eigenvalue weighted by atomic mass is 32.2. The van der Waals surface area contributed by atoms with Crippen LogP contribution in [0.1, 0.15) is 6.92 Å². The highest BCUT2D eigenvalue weighted by Crippen LogP contribution is 2.24. The first-order valence-corrected chi connectivity index (χ1v) is 7.20. The molecule has 0 aromatic heterocycles. The van der Waals surface area contributed by atoms with Gasteiger partial charge < -0.3 is 9.84 Å². The third-order valence-corrected chi connectivity index (χ3v) is 4.33. The van der Waals surface area contributed by atoms with Crippen LogP contribution < -0.4 is 4.74 Å². The summed E-state index contributed by atoms with van der Waals surface area (Å²) in [6, 6.07) is 10.8. The van der Waals surface area contributed by atoms with E-state index in [-0.39, 0.29) is 21.3 Å². The predicted octanol–water partition coefficient (Wildman–Crippen LogP) is 2.15. The average molecular weight is 292 g/mol. The normalized spacial score (nSPS) is 11.1. The van der Waals surface area contributed by atoms with Gasteiger partial charge in [-0.1, -0.05) is 0 Å². The summed E-state index contributed by atoms with van der Waals surface area (Å²) in [5, 5.41) is 9.17. The second-order valence-electron chi connectivity index (χ2n) is 4.06. The van der Waals surface area contributed by atoms with E-state index in [1.807, 2.05) is 0 Å². The molecule has 0 heterocycles. The van der Waals surface area contributed by atoms with Crippen molar-refractivity contribution in [3.63, 3.8) is 0 Å². The standard InChI is InChI=1S/C14H12O5S/c1-10(15)19-12-4-8-14(9-5-12)20(17,18)13-6-2-11(16)3-7-13/h2-9,16H,1H3. The summed E-state index contributed by atoms with van der Waals surface area (Å²) >= 11 is 0. The summed E-state index contributed by atoms with van der Waals surface area (Å²) in [5.41, 5.74) is 0. The van der Waals surface area contributed by atoms with Crippen molar-refractivity contribution in [2.24, 2.45) is 0 Å². The molecule has 0 spiro atoms. The number of carbonyl (C=O) groups excluding carboxylic acids is 1. The number of aromatic hydroxyl groups is 1. The maximum Gasteiger partial charge on any atom is 0.308 e. The number of carbonyl (C=O) groups is 1. The number of phenols is 1. The minimum Gasteiger partial charge on any atom is -0.508 e. The minimum atomic E-state index is -3.65. The lowest BCUT2D eigenvalue weighted by atomic mass is 10.3. The Balaban J connectivity index is 2.34. The first-order chi connectivity index (χ1) is 9.39. The lowest BCUT2D eigenvalue weighted by molar-refractivity contribution is -0.131. The van der Waals surface area contributed by atoms with Crippen LogP contribution in [-0.2, 0) is 14.6 Å². The van der Waals surface area contributed by atoms with E-state index in [0.29, 0.717) is 0 Å². The van der Waals surface area contributed by atoms with Gasteiger partial charge in [-0.2, -0.15) is 0 Å². The van der Waals surface area contributed by atoms with Crippen molar-refractivity contribution in [2.75, 3.05) is 0 Å². The number of ether oxygens (including phenoxy) is 1. The number of phenolic OH excluding ortho intramolecular Hbond substituents is 1. The van der Waals surface area contributed by atoms with Crippen molar-refractivity contribution in [1.82, 2.24) is 0 Å². The fourth-order valence-corrected chi connectivity index (χ4v) is 2.88. The van der Waals surface area contributed by atoms with Crippen LogP contribution in [0.2, 0.25) is 0 Å². The molecule has 0 saturated heterocycles. The fraction of sp³-hybridized carbons (Fsp3) is 0.0714. The highest BCUT2D eigenvalue weighted by Gasteiger charge is 2.17. The first-order valence-electron chi connectivity index (χ1n) is 5.72. The Hall–Kier alpha value is -2.34. The second kappa shape index (κ2) is 5.34. The van der Waals surface area contributed by atoms with Gasteiger partial charge in [-0.25, -0.2) is 8.42 Å². The van der Waals surface area contributed by atoms with Gasteiger partial charge in [0.2, 0.25) is 9.84 Å². The van der Waals surface area contributed by atoms with Gasteiger partial charge in [0.1, 0.15) is 11.5 Å². The number of esters is 1. The molecule has 2 rings (SSSR count). The van der Waals surface area contributed by atoms with E-state index in [1.54, 1.807) is 0 Å². The third kappa shape index (κ3) is 2.97. The van der Waals surface area contributed by atoms with Gasteiger partial charge in [0.25, 0.3) is 0 Å². The molecular weight excluding hydrogens is 280 g/mol. The molecule has 2 aromatic carbocycles. The molecule has 0 aliphatic rings. The Morgan fingerprint density at radius 1 is 0.950 bits per heavy atom. The summed E-state index contributed by atoms with van der Waals surface area (Å²) in [5.74, 6) is -0.199. The highest BCUT2D eigenvalue weighted by molar-refractivity contribution is 7.91. The van der Waals surface area contributed by atoms with Gasteiger partial charge >= 0.3 is 5.97 Å². The smallest absolute Gasteiger partial charge is 0.308 e. The molecule has 0 aliphatic heterocycles. The van der Waals surface area contributed by atoms with Gasteiger partial charge in [-0.15, -0.1) is 0 Å². The zero-order valence-corrected chi connectivity index (χ0v) is 11.4. The lowest BCUT2D eigenvalue weighted by Crippen LogP contribution is -2.03. The van der Waals surface area contributed by atoms with E-state index < -0.39 is 15.8 Å². The predicted molar refractivity (Wildman–Crippen MR) is 71.3 cm³/mol. The number of sulfone groups is 1. The molecule has 2 aromatic rings. The zero-order chi connectivity index (χ0) is 14.8. The van der Waals surface area contributed by atoms with E-state index >= 15 is 0 Å². The summed E-state index contributed by atoms with van der Waals surface area (Å²) in [4.78, 5) is 10.9. The van der Waals surface area contributed by atoms with Crippen molar-refractivity contribution in [3.05, 3.63) is 48.5 Å². The van der Waals surface area contributed by atoms with Crippen LogP contribution in [0, 0.1) is 0 Å². The van der Waals surface area contributed by atoms with Gasteiger partial charge in [0.15, 0.2) is 0 Å². The Bertz CT molecular complexity index is 715. The van der Waals surface area contributed by atoms with Crippen molar-refractivity contribution in [3.8, 4) is 11.5 Å². The monoisotopic (exact) mass is 292 g/mol. The van der Waals surface area contributed by atoms with E-state index in [2.05, 4.69) is 0 Å². The van der Waals surface area contributed by atoms with Crippen LogP contribution in [0.3, 0.4) is 0 Å². The van der Waals surface area contributed by atoms with E-state index in [4.69, 9.17) is 9.84 Å². The van der Waals surface area contributed by atoms with Crippen LogP contribution in [0.5, 0.6) is 11.5 Å². The van der Waals surface area contributed by atoms with E-state index in [9.17, 15) is 13.2 Å². The molecule has 0 radical (unpaired) electrons. The molecule has 1 N–H and O–H groups in total. The number of benzene rings is 2. The molecule has 104 valence electrons.